The van der Waals surface area contributed by atoms with Gasteiger partial charge in [0, 0.05) is 7.05 Å². The zero-order chi connectivity index (χ0) is 12.5. The van der Waals surface area contributed by atoms with E-state index in [-0.39, 0.29) is 12.2 Å². The molecule has 0 aliphatic carbocycles. The standard InChI is InChI=1S/C8H9ClF3N3O/c1-4-6(9)7(8(10,11)12)14-15(4)3-5(16)13-2/h3H2,1-2H3,(H,13,16). The highest BCUT2D eigenvalue weighted by Crippen LogP contribution is 2.35. The minimum absolute atomic E-state index is 0.109. The van der Waals surface area contributed by atoms with E-state index in [1.54, 1.807) is 0 Å². The van der Waals surface area contributed by atoms with Crippen LogP contribution in [0, 0.1) is 6.92 Å². The van der Waals surface area contributed by atoms with E-state index >= 15 is 0 Å². The number of halogens is 4. The van der Waals surface area contributed by atoms with Crippen LogP contribution in [0.2, 0.25) is 5.02 Å². The van der Waals surface area contributed by atoms with Gasteiger partial charge in [0.25, 0.3) is 0 Å². The quantitative estimate of drug-likeness (QED) is 0.873. The average Bonchev–Trinajstić information content (AvgIpc) is 2.45. The second-order valence-electron chi connectivity index (χ2n) is 3.08. The molecule has 0 saturated heterocycles. The van der Waals surface area contributed by atoms with Crippen LogP contribution in [-0.2, 0) is 17.5 Å². The van der Waals surface area contributed by atoms with Gasteiger partial charge in [0.15, 0.2) is 5.69 Å². The van der Waals surface area contributed by atoms with Crippen LogP contribution in [0.3, 0.4) is 0 Å². The molecule has 1 N–H and O–H groups in total. The van der Waals surface area contributed by atoms with Gasteiger partial charge in [0.05, 0.1) is 10.7 Å². The Bertz CT molecular complexity index is 413. The van der Waals surface area contributed by atoms with Gasteiger partial charge < -0.3 is 5.32 Å². The Balaban J connectivity index is 3.10. The molecule has 0 aliphatic rings. The van der Waals surface area contributed by atoms with Crippen LogP contribution < -0.4 is 5.32 Å². The molecule has 0 radical (unpaired) electrons. The number of nitrogens with one attached hydrogen (secondary N) is 1. The number of alkyl halides is 3. The summed E-state index contributed by atoms with van der Waals surface area (Å²) in [6.07, 6.45) is -4.62. The normalized spacial score (nSPS) is 11.6. The number of hydrogen-bond acceptors (Lipinski definition) is 2. The number of rotatable bonds is 2. The Morgan fingerprint density at radius 3 is 2.50 bits per heavy atom. The van der Waals surface area contributed by atoms with E-state index in [1.807, 2.05) is 0 Å². The molecule has 4 nitrogen and oxygen atoms in total. The number of nitrogens with zero attached hydrogens (tertiary/aromatic N) is 2. The third-order valence-corrected chi connectivity index (χ3v) is 2.43. The Labute approximate surface area is 94.4 Å². The number of likely N-dealkylation sites (N-methyl/N-ethyl adjacent to an activating group) is 1. The second kappa shape index (κ2) is 4.32. The molecule has 1 aromatic rings. The zero-order valence-electron chi connectivity index (χ0n) is 8.52. The Morgan fingerprint density at radius 2 is 2.12 bits per heavy atom. The van der Waals surface area contributed by atoms with Gasteiger partial charge in [-0.3, -0.25) is 9.48 Å². The van der Waals surface area contributed by atoms with Crippen molar-refractivity contribution < 1.29 is 18.0 Å². The summed E-state index contributed by atoms with van der Waals surface area (Å²) in [5, 5.41) is 5.08. The summed E-state index contributed by atoms with van der Waals surface area (Å²) in [5.74, 6) is -0.448. The first-order valence-corrected chi connectivity index (χ1v) is 4.66. The third-order valence-electron chi connectivity index (χ3n) is 1.97. The van der Waals surface area contributed by atoms with Crippen LogP contribution in [0.1, 0.15) is 11.4 Å². The maximum Gasteiger partial charge on any atom is 0.436 e. The van der Waals surface area contributed by atoms with Crippen molar-refractivity contribution in [2.24, 2.45) is 0 Å². The van der Waals surface area contributed by atoms with Crippen molar-refractivity contribution in [3.63, 3.8) is 0 Å². The first kappa shape index (κ1) is 12.8. The predicted octanol–water partition coefficient (Wildman–Crippen LogP) is 1.61. The minimum atomic E-state index is -4.62. The highest BCUT2D eigenvalue weighted by molar-refractivity contribution is 6.31. The smallest absolute Gasteiger partial charge is 0.358 e. The third kappa shape index (κ3) is 2.46. The van der Waals surface area contributed by atoms with Crippen molar-refractivity contribution in [1.29, 1.82) is 0 Å². The van der Waals surface area contributed by atoms with E-state index < -0.39 is 22.8 Å². The van der Waals surface area contributed by atoms with Crippen LogP contribution in [0.25, 0.3) is 0 Å². The van der Waals surface area contributed by atoms with Crippen LogP contribution in [0.15, 0.2) is 0 Å². The van der Waals surface area contributed by atoms with Crippen molar-refractivity contribution in [3.8, 4) is 0 Å². The van der Waals surface area contributed by atoms with Gasteiger partial charge in [-0.1, -0.05) is 11.6 Å². The Hall–Kier alpha value is -1.24. The van der Waals surface area contributed by atoms with Crippen molar-refractivity contribution in [2.45, 2.75) is 19.6 Å². The molecule has 90 valence electrons. The summed E-state index contributed by atoms with van der Waals surface area (Å²) in [5.41, 5.74) is -1.06. The van der Waals surface area contributed by atoms with Gasteiger partial charge in [-0.15, -0.1) is 0 Å². The predicted molar refractivity (Wildman–Crippen MR) is 51.0 cm³/mol. The fourth-order valence-corrected chi connectivity index (χ4v) is 1.32. The summed E-state index contributed by atoms with van der Waals surface area (Å²) in [6, 6.07) is 0. The largest absolute Gasteiger partial charge is 0.436 e. The molecule has 0 bridgehead atoms. The molecule has 1 heterocycles. The molecule has 0 fully saturated rings. The fraction of sp³-hybridized carbons (Fsp3) is 0.500. The Kier molecular flexibility index (Phi) is 3.47. The summed E-state index contributed by atoms with van der Waals surface area (Å²) < 4.78 is 38.1. The van der Waals surface area contributed by atoms with Gasteiger partial charge in [0.1, 0.15) is 6.54 Å². The fourth-order valence-electron chi connectivity index (χ4n) is 1.07. The molecule has 8 heteroatoms. The summed E-state index contributed by atoms with van der Waals surface area (Å²) >= 11 is 5.49. The number of hydrogen-bond donors (Lipinski definition) is 1. The Morgan fingerprint density at radius 1 is 1.56 bits per heavy atom. The highest BCUT2D eigenvalue weighted by Gasteiger charge is 2.38. The topological polar surface area (TPSA) is 46.9 Å². The lowest BCUT2D eigenvalue weighted by Crippen LogP contribution is -2.24. The van der Waals surface area contributed by atoms with Crippen molar-refractivity contribution in [2.75, 3.05) is 7.05 Å². The maximum atomic E-state index is 12.4. The first-order valence-electron chi connectivity index (χ1n) is 4.28. The van der Waals surface area contributed by atoms with Crippen LogP contribution in [0.5, 0.6) is 0 Å². The lowest BCUT2D eigenvalue weighted by Gasteiger charge is -2.02. The first-order chi connectivity index (χ1) is 7.27. The van der Waals surface area contributed by atoms with Gasteiger partial charge >= 0.3 is 6.18 Å². The molecule has 0 aliphatic heterocycles. The number of carbonyl (C=O) groups is 1. The summed E-state index contributed by atoms with van der Waals surface area (Å²) in [4.78, 5) is 11.0. The molecule has 0 unspecified atom stereocenters. The van der Waals surface area contributed by atoms with Crippen molar-refractivity contribution in [3.05, 3.63) is 16.4 Å². The summed E-state index contributed by atoms with van der Waals surface area (Å²) in [6.45, 7) is 1.08. The second-order valence-corrected chi connectivity index (χ2v) is 3.45. The van der Waals surface area contributed by atoms with E-state index in [0.717, 1.165) is 4.68 Å². The number of amides is 1. The number of aromatic nitrogens is 2. The van der Waals surface area contributed by atoms with Gasteiger partial charge in [-0.05, 0) is 6.92 Å². The average molecular weight is 256 g/mol. The van der Waals surface area contributed by atoms with Crippen molar-refractivity contribution >= 4 is 17.5 Å². The molecule has 0 saturated carbocycles. The number of carbonyl (C=O) groups excluding carboxylic acids is 1. The molecule has 0 spiro atoms. The van der Waals surface area contributed by atoms with Crippen LogP contribution >= 0.6 is 11.6 Å². The summed E-state index contributed by atoms with van der Waals surface area (Å²) in [7, 11) is 1.38. The van der Waals surface area contributed by atoms with Crippen LogP contribution in [-0.4, -0.2) is 22.7 Å². The van der Waals surface area contributed by atoms with Gasteiger partial charge in [-0.25, -0.2) is 0 Å². The maximum absolute atomic E-state index is 12.4. The molecular weight excluding hydrogens is 247 g/mol. The van der Waals surface area contributed by atoms with Crippen LogP contribution in [0.4, 0.5) is 13.2 Å². The molecule has 1 aromatic heterocycles. The van der Waals surface area contributed by atoms with Gasteiger partial charge in [-0.2, -0.15) is 18.3 Å². The lowest BCUT2D eigenvalue weighted by molar-refractivity contribution is -0.141. The molecule has 0 aromatic carbocycles. The van der Waals surface area contributed by atoms with E-state index in [4.69, 9.17) is 11.6 Å². The minimum Gasteiger partial charge on any atom is -0.358 e. The monoisotopic (exact) mass is 255 g/mol. The zero-order valence-corrected chi connectivity index (χ0v) is 9.28. The van der Waals surface area contributed by atoms with E-state index in [9.17, 15) is 18.0 Å². The van der Waals surface area contributed by atoms with Crippen molar-refractivity contribution in [1.82, 2.24) is 15.1 Å². The molecular formula is C8H9ClF3N3O. The molecule has 16 heavy (non-hydrogen) atoms. The SMILES string of the molecule is CNC(=O)Cn1nc(C(F)(F)F)c(Cl)c1C. The highest BCUT2D eigenvalue weighted by atomic mass is 35.5. The van der Waals surface area contributed by atoms with E-state index in [0.29, 0.717) is 0 Å². The molecule has 1 rings (SSSR count). The molecule has 1 amide bonds. The van der Waals surface area contributed by atoms with E-state index in [1.165, 1.54) is 14.0 Å². The lowest BCUT2D eigenvalue weighted by atomic mass is 10.3. The molecule has 0 atom stereocenters. The van der Waals surface area contributed by atoms with Gasteiger partial charge in [0.2, 0.25) is 5.91 Å². The van der Waals surface area contributed by atoms with E-state index in [2.05, 4.69) is 10.4 Å².